The number of aliphatic carboxylic acids is 1. The van der Waals surface area contributed by atoms with Crippen LogP contribution in [0.3, 0.4) is 0 Å². The van der Waals surface area contributed by atoms with Crippen LogP contribution in [0.4, 0.5) is 5.69 Å². The fraction of sp³-hybridized carbons (Fsp3) is 0.417. The zero-order valence-electron chi connectivity index (χ0n) is 8.94. The van der Waals surface area contributed by atoms with Crippen molar-refractivity contribution in [1.29, 1.82) is 0 Å². The van der Waals surface area contributed by atoms with E-state index in [2.05, 4.69) is 12.2 Å². The molecule has 1 rings (SSSR count). The Labute approximate surface area is 90.1 Å². The first-order valence-electron chi connectivity index (χ1n) is 5.28. The number of hydrogen-bond acceptors (Lipinski definition) is 2. The molecule has 0 heterocycles. The van der Waals surface area contributed by atoms with Crippen LogP contribution < -0.4 is 5.32 Å². The molecule has 0 bridgehead atoms. The maximum absolute atomic E-state index is 10.9. The van der Waals surface area contributed by atoms with E-state index in [1.165, 1.54) is 0 Å². The van der Waals surface area contributed by atoms with Crippen molar-refractivity contribution in [3.63, 3.8) is 0 Å². The number of carboxylic acids is 1. The number of unbranched alkanes of at least 4 members (excludes halogenated alkanes) is 1. The minimum Gasteiger partial charge on any atom is -0.480 e. The van der Waals surface area contributed by atoms with Gasteiger partial charge in [-0.1, -0.05) is 38.0 Å². The second-order valence-corrected chi connectivity index (χ2v) is 3.54. The summed E-state index contributed by atoms with van der Waals surface area (Å²) in [6, 6.07) is 8.96. The van der Waals surface area contributed by atoms with Gasteiger partial charge in [0.25, 0.3) is 0 Å². The highest BCUT2D eigenvalue weighted by atomic mass is 16.4. The number of hydrogen-bond donors (Lipinski definition) is 2. The van der Waals surface area contributed by atoms with Gasteiger partial charge < -0.3 is 10.4 Å². The van der Waals surface area contributed by atoms with Gasteiger partial charge in [0, 0.05) is 5.69 Å². The van der Waals surface area contributed by atoms with Crippen LogP contribution in [0.25, 0.3) is 0 Å². The molecule has 0 aliphatic carbocycles. The van der Waals surface area contributed by atoms with Crippen molar-refractivity contribution in [3.8, 4) is 0 Å². The normalized spacial score (nSPS) is 12.1. The zero-order valence-corrected chi connectivity index (χ0v) is 8.94. The SMILES string of the molecule is CCCC[C@@H](Nc1ccccc1)C(=O)O. The lowest BCUT2D eigenvalue weighted by Gasteiger charge is -2.15. The highest BCUT2D eigenvalue weighted by molar-refractivity contribution is 5.77. The third-order valence-electron chi connectivity index (χ3n) is 2.26. The first-order chi connectivity index (χ1) is 7.24. The Balaban J connectivity index is 2.55. The summed E-state index contributed by atoms with van der Waals surface area (Å²) in [6.45, 7) is 2.06. The van der Waals surface area contributed by atoms with Crippen molar-refractivity contribution in [2.45, 2.75) is 32.2 Å². The molecule has 0 unspecified atom stereocenters. The van der Waals surface area contributed by atoms with E-state index in [9.17, 15) is 4.79 Å². The largest absolute Gasteiger partial charge is 0.480 e. The molecule has 3 heteroatoms. The number of anilines is 1. The average Bonchev–Trinajstić information content (AvgIpc) is 2.25. The van der Waals surface area contributed by atoms with E-state index in [0.717, 1.165) is 18.5 Å². The third-order valence-corrected chi connectivity index (χ3v) is 2.26. The zero-order chi connectivity index (χ0) is 11.1. The Bertz CT molecular complexity index is 298. The van der Waals surface area contributed by atoms with Gasteiger partial charge >= 0.3 is 5.97 Å². The first-order valence-corrected chi connectivity index (χ1v) is 5.28. The van der Waals surface area contributed by atoms with Gasteiger partial charge in [0.15, 0.2) is 0 Å². The van der Waals surface area contributed by atoms with Crippen molar-refractivity contribution >= 4 is 11.7 Å². The molecule has 2 N–H and O–H groups in total. The van der Waals surface area contributed by atoms with Crippen LogP contribution in [0.1, 0.15) is 26.2 Å². The minimum atomic E-state index is -0.785. The Morgan fingerprint density at radius 1 is 1.40 bits per heavy atom. The molecule has 82 valence electrons. The third kappa shape index (κ3) is 4.02. The molecule has 1 atom stereocenters. The molecule has 0 fully saturated rings. The van der Waals surface area contributed by atoms with Gasteiger partial charge in [0.2, 0.25) is 0 Å². The quantitative estimate of drug-likeness (QED) is 0.754. The fourth-order valence-electron chi connectivity index (χ4n) is 1.40. The van der Waals surface area contributed by atoms with Crippen LogP contribution >= 0.6 is 0 Å². The van der Waals surface area contributed by atoms with E-state index in [4.69, 9.17) is 5.11 Å². The molecule has 0 spiro atoms. The average molecular weight is 207 g/mol. The Morgan fingerprint density at radius 2 is 2.07 bits per heavy atom. The standard InChI is InChI=1S/C12H17NO2/c1-2-3-9-11(12(14)15)13-10-7-5-4-6-8-10/h4-8,11,13H,2-3,9H2,1H3,(H,14,15)/t11-/m1/s1. The number of rotatable bonds is 6. The first kappa shape index (κ1) is 11.6. The molecule has 1 aromatic carbocycles. The van der Waals surface area contributed by atoms with Crippen LogP contribution in [-0.4, -0.2) is 17.1 Å². The lowest BCUT2D eigenvalue weighted by atomic mass is 10.1. The second-order valence-electron chi connectivity index (χ2n) is 3.54. The predicted molar refractivity (Wildman–Crippen MR) is 61.0 cm³/mol. The van der Waals surface area contributed by atoms with Crippen molar-refractivity contribution in [2.75, 3.05) is 5.32 Å². The summed E-state index contributed by atoms with van der Waals surface area (Å²) in [5, 5.41) is 12.0. The van der Waals surface area contributed by atoms with E-state index in [1.54, 1.807) is 0 Å². The Kier molecular flexibility index (Phi) is 4.68. The molecule has 15 heavy (non-hydrogen) atoms. The molecule has 0 radical (unpaired) electrons. The van der Waals surface area contributed by atoms with Crippen molar-refractivity contribution in [3.05, 3.63) is 30.3 Å². The predicted octanol–water partition coefficient (Wildman–Crippen LogP) is 2.74. The maximum Gasteiger partial charge on any atom is 0.326 e. The van der Waals surface area contributed by atoms with Gasteiger partial charge in [-0.05, 0) is 18.6 Å². The Morgan fingerprint density at radius 3 is 2.60 bits per heavy atom. The van der Waals surface area contributed by atoms with E-state index in [-0.39, 0.29) is 0 Å². The van der Waals surface area contributed by atoms with Crippen LogP contribution in [0.2, 0.25) is 0 Å². The lowest BCUT2D eigenvalue weighted by molar-refractivity contribution is -0.138. The smallest absolute Gasteiger partial charge is 0.326 e. The van der Waals surface area contributed by atoms with Gasteiger partial charge in [0.1, 0.15) is 6.04 Å². The number of carboxylic acid groups (broad SMARTS) is 1. The summed E-state index contributed by atoms with van der Waals surface area (Å²) in [7, 11) is 0. The van der Waals surface area contributed by atoms with Gasteiger partial charge in [-0.25, -0.2) is 4.79 Å². The number of nitrogens with one attached hydrogen (secondary N) is 1. The van der Waals surface area contributed by atoms with Gasteiger partial charge in [-0.15, -0.1) is 0 Å². The van der Waals surface area contributed by atoms with Crippen molar-refractivity contribution < 1.29 is 9.90 Å². The van der Waals surface area contributed by atoms with E-state index >= 15 is 0 Å². The molecule has 3 nitrogen and oxygen atoms in total. The van der Waals surface area contributed by atoms with Crippen LogP contribution in [-0.2, 0) is 4.79 Å². The summed E-state index contributed by atoms with van der Waals surface area (Å²) >= 11 is 0. The molecule has 0 aliphatic heterocycles. The van der Waals surface area contributed by atoms with E-state index < -0.39 is 12.0 Å². The molecule has 0 saturated heterocycles. The van der Waals surface area contributed by atoms with Crippen molar-refractivity contribution in [2.24, 2.45) is 0 Å². The summed E-state index contributed by atoms with van der Waals surface area (Å²) in [4.78, 5) is 10.9. The molecule has 1 aromatic rings. The maximum atomic E-state index is 10.9. The van der Waals surface area contributed by atoms with Crippen LogP contribution in [0, 0.1) is 0 Å². The molecular formula is C12H17NO2. The van der Waals surface area contributed by atoms with Crippen molar-refractivity contribution in [1.82, 2.24) is 0 Å². The van der Waals surface area contributed by atoms with E-state index in [1.807, 2.05) is 30.3 Å². The number of carbonyl (C=O) groups is 1. The summed E-state index contributed by atoms with van der Waals surface area (Å²) in [5.74, 6) is -0.785. The van der Waals surface area contributed by atoms with E-state index in [0.29, 0.717) is 6.42 Å². The van der Waals surface area contributed by atoms with Gasteiger partial charge in [0.05, 0.1) is 0 Å². The number of para-hydroxylation sites is 1. The highest BCUT2D eigenvalue weighted by Gasteiger charge is 2.15. The lowest BCUT2D eigenvalue weighted by Crippen LogP contribution is -2.29. The molecule has 0 saturated carbocycles. The molecule has 0 aliphatic rings. The monoisotopic (exact) mass is 207 g/mol. The fourth-order valence-corrected chi connectivity index (χ4v) is 1.40. The second kappa shape index (κ2) is 6.06. The summed E-state index contributed by atoms with van der Waals surface area (Å²) < 4.78 is 0. The molecule has 0 amide bonds. The topological polar surface area (TPSA) is 49.3 Å². The summed E-state index contributed by atoms with van der Waals surface area (Å²) in [5.41, 5.74) is 0.862. The van der Waals surface area contributed by atoms with Gasteiger partial charge in [-0.2, -0.15) is 0 Å². The van der Waals surface area contributed by atoms with Crippen LogP contribution in [0.5, 0.6) is 0 Å². The highest BCUT2D eigenvalue weighted by Crippen LogP contribution is 2.11. The Hall–Kier alpha value is -1.51. The molecular weight excluding hydrogens is 190 g/mol. The van der Waals surface area contributed by atoms with Gasteiger partial charge in [-0.3, -0.25) is 0 Å². The number of benzene rings is 1. The summed E-state index contributed by atoms with van der Waals surface area (Å²) in [6.07, 6.45) is 2.61. The molecule has 0 aromatic heterocycles. The minimum absolute atomic E-state index is 0.479. The van der Waals surface area contributed by atoms with Crippen LogP contribution in [0.15, 0.2) is 30.3 Å².